The van der Waals surface area contributed by atoms with Crippen LogP contribution in [0.15, 0.2) is 42.5 Å². The molecular weight excluding hydrogens is 198 g/mol. The molecule has 2 nitrogen and oxygen atoms in total. The Morgan fingerprint density at radius 1 is 1.06 bits per heavy atom. The number of aliphatic hydroxyl groups is 1. The molecule has 2 aromatic carbocycles. The van der Waals surface area contributed by atoms with Crippen LogP contribution in [0.5, 0.6) is 0 Å². The Kier molecular flexibility index (Phi) is 3.22. The van der Waals surface area contributed by atoms with Crippen molar-refractivity contribution in [3.8, 4) is 0 Å². The van der Waals surface area contributed by atoms with Crippen molar-refractivity contribution < 1.29 is 5.11 Å². The molecule has 84 valence electrons. The van der Waals surface area contributed by atoms with Gasteiger partial charge in [0.15, 0.2) is 0 Å². The maximum absolute atomic E-state index is 10.1. The van der Waals surface area contributed by atoms with Gasteiger partial charge in [0.25, 0.3) is 0 Å². The molecule has 0 bridgehead atoms. The van der Waals surface area contributed by atoms with Crippen molar-refractivity contribution in [2.24, 2.45) is 0 Å². The van der Waals surface area contributed by atoms with E-state index >= 15 is 0 Å². The Balaban J connectivity index is 2.39. The van der Waals surface area contributed by atoms with E-state index < -0.39 is 6.10 Å². The molecule has 2 heteroatoms. The summed E-state index contributed by atoms with van der Waals surface area (Å²) in [5.41, 5.74) is 0.959. The fourth-order valence-corrected chi connectivity index (χ4v) is 1.84. The van der Waals surface area contributed by atoms with Crippen LogP contribution in [0.4, 0.5) is 0 Å². The monoisotopic (exact) mass is 215 g/mol. The summed E-state index contributed by atoms with van der Waals surface area (Å²) in [4.78, 5) is 0. The number of rotatable bonds is 3. The lowest BCUT2D eigenvalue weighted by Crippen LogP contribution is -2.28. The first-order chi connectivity index (χ1) is 7.72. The van der Waals surface area contributed by atoms with Crippen LogP contribution in [0, 0.1) is 0 Å². The van der Waals surface area contributed by atoms with Gasteiger partial charge in [-0.15, -0.1) is 0 Å². The van der Waals surface area contributed by atoms with Gasteiger partial charge in [0.2, 0.25) is 0 Å². The van der Waals surface area contributed by atoms with E-state index in [4.69, 9.17) is 0 Å². The molecule has 0 spiro atoms. The first-order valence-electron chi connectivity index (χ1n) is 5.56. The van der Waals surface area contributed by atoms with Crippen LogP contribution in [0.2, 0.25) is 0 Å². The minimum Gasteiger partial charge on any atom is -0.387 e. The second-order valence-electron chi connectivity index (χ2n) is 4.13. The Hall–Kier alpha value is -1.38. The maximum Gasteiger partial charge on any atom is 0.0940 e. The molecule has 2 rings (SSSR count). The molecule has 0 saturated heterocycles. The highest BCUT2D eigenvalue weighted by molar-refractivity contribution is 5.83. The van der Waals surface area contributed by atoms with E-state index in [-0.39, 0.29) is 6.04 Å². The average molecular weight is 215 g/mol. The summed E-state index contributed by atoms with van der Waals surface area (Å²) in [6.45, 7) is 1.97. The predicted octanol–water partition coefficient (Wildman–Crippen LogP) is 2.48. The van der Waals surface area contributed by atoms with Crippen LogP contribution in [0.1, 0.15) is 18.6 Å². The molecule has 0 aliphatic rings. The second-order valence-corrected chi connectivity index (χ2v) is 4.13. The molecule has 0 amide bonds. The SMILES string of the molecule is CNC(C)C(O)c1ccc2ccccc2c1. The number of hydrogen-bond donors (Lipinski definition) is 2. The summed E-state index contributed by atoms with van der Waals surface area (Å²) in [6.07, 6.45) is -0.463. The first kappa shape index (κ1) is 11.1. The van der Waals surface area contributed by atoms with Crippen LogP contribution in [0.25, 0.3) is 10.8 Å². The van der Waals surface area contributed by atoms with Crippen molar-refractivity contribution in [2.75, 3.05) is 7.05 Å². The van der Waals surface area contributed by atoms with E-state index in [1.165, 1.54) is 10.8 Å². The number of aliphatic hydroxyl groups excluding tert-OH is 1. The Morgan fingerprint density at radius 2 is 1.75 bits per heavy atom. The van der Waals surface area contributed by atoms with E-state index in [1.807, 2.05) is 38.2 Å². The van der Waals surface area contributed by atoms with E-state index in [0.29, 0.717) is 0 Å². The van der Waals surface area contributed by atoms with Crippen LogP contribution in [-0.2, 0) is 0 Å². The molecule has 0 aliphatic carbocycles. The number of fused-ring (bicyclic) bond motifs is 1. The lowest BCUT2D eigenvalue weighted by atomic mass is 10.00. The molecule has 0 radical (unpaired) electrons. The molecular formula is C14H17NO. The molecule has 2 atom stereocenters. The normalized spacial score (nSPS) is 14.9. The molecule has 0 saturated carbocycles. The smallest absolute Gasteiger partial charge is 0.0940 e. The summed E-state index contributed by atoms with van der Waals surface area (Å²) in [5.74, 6) is 0. The van der Waals surface area contributed by atoms with E-state index in [9.17, 15) is 5.11 Å². The fourth-order valence-electron chi connectivity index (χ4n) is 1.84. The number of nitrogens with one attached hydrogen (secondary N) is 1. The quantitative estimate of drug-likeness (QED) is 0.824. The minimum atomic E-state index is -0.463. The summed E-state index contributed by atoms with van der Waals surface area (Å²) < 4.78 is 0. The highest BCUT2D eigenvalue weighted by atomic mass is 16.3. The number of benzene rings is 2. The maximum atomic E-state index is 10.1. The third-order valence-electron chi connectivity index (χ3n) is 3.04. The zero-order valence-corrected chi connectivity index (χ0v) is 9.64. The zero-order chi connectivity index (χ0) is 11.5. The zero-order valence-electron chi connectivity index (χ0n) is 9.64. The summed E-state index contributed by atoms with van der Waals surface area (Å²) in [5, 5.41) is 15.5. The van der Waals surface area contributed by atoms with Crippen molar-refractivity contribution in [3.63, 3.8) is 0 Å². The Morgan fingerprint density at radius 3 is 2.44 bits per heavy atom. The van der Waals surface area contributed by atoms with Gasteiger partial charge in [-0.3, -0.25) is 0 Å². The highest BCUT2D eigenvalue weighted by Crippen LogP contribution is 2.22. The van der Waals surface area contributed by atoms with Gasteiger partial charge in [0.1, 0.15) is 0 Å². The van der Waals surface area contributed by atoms with Crippen LogP contribution in [-0.4, -0.2) is 18.2 Å². The van der Waals surface area contributed by atoms with Crippen molar-refractivity contribution in [3.05, 3.63) is 48.0 Å². The van der Waals surface area contributed by atoms with Gasteiger partial charge in [-0.05, 0) is 36.4 Å². The average Bonchev–Trinajstić information content (AvgIpc) is 2.36. The lowest BCUT2D eigenvalue weighted by Gasteiger charge is -2.18. The summed E-state index contributed by atoms with van der Waals surface area (Å²) >= 11 is 0. The largest absolute Gasteiger partial charge is 0.387 e. The topological polar surface area (TPSA) is 32.3 Å². The van der Waals surface area contributed by atoms with Crippen LogP contribution >= 0.6 is 0 Å². The standard InChI is InChI=1S/C14H17NO/c1-10(15-2)14(16)13-8-7-11-5-3-4-6-12(11)9-13/h3-10,14-16H,1-2H3. The fraction of sp³-hybridized carbons (Fsp3) is 0.286. The molecule has 0 aromatic heterocycles. The van der Waals surface area contributed by atoms with Crippen molar-refractivity contribution in [1.29, 1.82) is 0 Å². The number of hydrogen-bond acceptors (Lipinski definition) is 2. The van der Waals surface area contributed by atoms with Gasteiger partial charge in [-0.2, -0.15) is 0 Å². The Labute approximate surface area is 95.9 Å². The van der Waals surface area contributed by atoms with Crippen molar-refractivity contribution >= 4 is 10.8 Å². The third kappa shape index (κ3) is 2.08. The molecule has 0 fully saturated rings. The second kappa shape index (κ2) is 4.64. The molecule has 16 heavy (non-hydrogen) atoms. The van der Waals surface area contributed by atoms with E-state index in [0.717, 1.165) is 5.56 Å². The third-order valence-corrected chi connectivity index (χ3v) is 3.04. The molecule has 2 N–H and O–H groups in total. The lowest BCUT2D eigenvalue weighted by molar-refractivity contribution is 0.140. The summed E-state index contributed by atoms with van der Waals surface area (Å²) in [6, 6.07) is 14.3. The molecule has 2 unspecified atom stereocenters. The van der Waals surface area contributed by atoms with Crippen molar-refractivity contribution in [2.45, 2.75) is 19.1 Å². The van der Waals surface area contributed by atoms with Gasteiger partial charge >= 0.3 is 0 Å². The van der Waals surface area contributed by atoms with Gasteiger partial charge in [0.05, 0.1) is 6.10 Å². The summed E-state index contributed by atoms with van der Waals surface area (Å²) in [7, 11) is 1.86. The van der Waals surface area contributed by atoms with Gasteiger partial charge in [-0.25, -0.2) is 0 Å². The molecule has 0 aliphatic heterocycles. The van der Waals surface area contributed by atoms with Gasteiger partial charge in [-0.1, -0.05) is 36.4 Å². The predicted molar refractivity (Wildman–Crippen MR) is 67.4 cm³/mol. The van der Waals surface area contributed by atoms with E-state index in [1.54, 1.807) is 0 Å². The number of likely N-dealkylation sites (N-methyl/N-ethyl adjacent to an activating group) is 1. The molecule has 2 aromatic rings. The van der Waals surface area contributed by atoms with Crippen molar-refractivity contribution in [1.82, 2.24) is 5.32 Å². The highest BCUT2D eigenvalue weighted by Gasteiger charge is 2.14. The molecule has 0 heterocycles. The Bertz CT molecular complexity index is 481. The first-order valence-corrected chi connectivity index (χ1v) is 5.56. The minimum absolute atomic E-state index is 0.0566. The van der Waals surface area contributed by atoms with Gasteiger partial charge < -0.3 is 10.4 Å². The van der Waals surface area contributed by atoms with E-state index in [2.05, 4.69) is 23.5 Å². The van der Waals surface area contributed by atoms with Crippen LogP contribution in [0.3, 0.4) is 0 Å². The van der Waals surface area contributed by atoms with Crippen LogP contribution < -0.4 is 5.32 Å². The van der Waals surface area contributed by atoms with Gasteiger partial charge in [0, 0.05) is 6.04 Å².